The fourth-order valence-corrected chi connectivity index (χ4v) is 2.81. The summed E-state index contributed by atoms with van der Waals surface area (Å²) < 4.78 is 5.17. The second-order valence-corrected chi connectivity index (χ2v) is 6.51. The smallest absolute Gasteiger partial charge is 0.317 e. The van der Waals surface area contributed by atoms with Crippen molar-refractivity contribution < 1.29 is 14.3 Å². The molecule has 2 N–H and O–H groups in total. The highest BCUT2D eigenvalue weighted by Gasteiger charge is 2.36. The maximum absolute atomic E-state index is 12.1. The molecular weight excluding hydrogens is 256 g/mol. The number of β-amino-alcohol motifs (C(OH)–C–C–N with tert-alkyl or cyclic N) is 1. The Labute approximate surface area is 119 Å². The van der Waals surface area contributed by atoms with Crippen molar-refractivity contribution in [2.24, 2.45) is 11.3 Å². The normalized spacial score (nSPS) is 23.7. The molecule has 0 aliphatic carbocycles. The third kappa shape index (κ3) is 3.54. The number of aliphatic hydroxyl groups excluding tert-OH is 1. The Morgan fingerprint density at radius 3 is 2.85 bits per heavy atom. The second kappa shape index (κ2) is 5.87. The predicted molar refractivity (Wildman–Crippen MR) is 76.1 cm³/mol. The Balaban J connectivity index is 1.84. The van der Waals surface area contributed by atoms with Gasteiger partial charge < -0.3 is 19.7 Å². The molecule has 2 atom stereocenters. The van der Waals surface area contributed by atoms with E-state index in [1.165, 1.54) is 0 Å². The molecule has 5 heteroatoms. The maximum atomic E-state index is 12.1. The van der Waals surface area contributed by atoms with Gasteiger partial charge in [0.1, 0.15) is 5.76 Å². The van der Waals surface area contributed by atoms with Crippen LogP contribution in [0.2, 0.25) is 0 Å². The van der Waals surface area contributed by atoms with Crippen LogP contribution in [0.4, 0.5) is 4.79 Å². The van der Waals surface area contributed by atoms with Gasteiger partial charge in [-0.1, -0.05) is 20.8 Å². The van der Waals surface area contributed by atoms with Crippen LogP contribution in [0.15, 0.2) is 22.8 Å². The van der Waals surface area contributed by atoms with Crippen LogP contribution < -0.4 is 5.32 Å². The minimum atomic E-state index is -0.460. The van der Waals surface area contributed by atoms with Crippen LogP contribution in [0.5, 0.6) is 0 Å². The first kappa shape index (κ1) is 14.9. The summed E-state index contributed by atoms with van der Waals surface area (Å²) in [5, 5.41) is 13.0. The summed E-state index contributed by atoms with van der Waals surface area (Å²) in [7, 11) is 0. The molecule has 0 unspecified atom stereocenters. The zero-order chi connectivity index (χ0) is 14.8. The molecule has 0 radical (unpaired) electrons. The third-order valence-electron chi connectivity index (χ3n) is 3.98. The molecule has 20 heavy (non-hydrogen) atoms. The van der Waals surface area contributed by atoms with Crippen LogP contribution in [0.1, 0.15) is 33.0 Å². The first-order chi connectivity index (χ1) is 9.38. The van der Waals surface area contributed by atoms with E-state index in [9.17, 15) is 9.90 Å². The molecule has 0 bridgehead atoms. The molecule has 1 aliphatic rings. The van der Waals surface area contributed by atoms with Gasteiger partial charge in [0, 0.05) is 13.1 Å². The lowest BCUT2D eigenvalue weighted by atomic mass is 9.74. The summed E-state index contributed by atoms with van der Waals surface area (Å²) >= 11 is 0. The number of piperidine rings is 1. The molecule has 1 aliphatic heterocycles. The number of hydrogen-bond donors (Lipinski definition) is 2. The highest BCUT2D eigenvalue weighted by atomic mass is 16.3. The molecular formula is C15H24N2O3. The van der Waals surface area contributed by atoms with Crippen molar-refractivity contribution in [2.75, 3.05) is 13.1 Å². The summed E-state index contributed by atoms with van der Waals surface area (Å²) in [6.45, 7) is 7.85. The molecule has 1 aromatic rings. The lowest BCUT2D eigenvalue weighted by Crippen LogP contribution is -2.52. The zero-order valence-electron chi connectivity index (χ0n) is 12.4. The van der Waals surface area contributed by atoms with Gasteiger partial charge >= 0.3 is 6.03 Å². The Bertz CT molecular complexity index is 436. The van der Waals surface area contributed by atoms with Gasteiger partial charge in [-0.3, -0.25) is 0 Å². The van der Waals surface area contributed by atoms with E-state index in [4.69, 9.17) is 4.42 Å². The quantitative estimate of drug-likeness (QED) is 0.873. The molecule has 112 valence electrons. The Morgan fingerprint density at radius 2 is 2.30 bits per heavy atom. The third-order valence-corrected chi connectivity index (χ3v) is 3.98. The number of urea groups is 1. The fourth-order valence-electron chi connectivity index (χ4n) is 2.81. The number of rotatable bonds is 2. The topological polar surface area (TPSA) is 65.7 Å². The predicted octanol–water partition coefficient (Wildman–Crippen LogP) is 2.22. The van der Waals surface area contributed by atoms with Crippen molar-refractivity contribution in [1.29, 1.82) is 0 Å². The Morgan fingerprint density at radius 1 is 1.55 bits per heavy atom. The molecule has 0 aromatic carbocycles. The van der Waals surface area contributed by atoms with Crippen molar-refractivity contribution in [1.82, 2.24) is 10.2 Å². The van der Waals surface area contributed by atoms with Crippen LogP contribution in [0.25, 0.3) is 0 Å². The van der Waals surface area contributed by atoms with E-state index in [-0.39, 0.29) is 17.4 Å². The van der Waals surface area contributed by atoms with Crippen LogP contribution in [-0.4, -0.2) is 35.2 Å². The standard InChI is InChI=1S/C15H24N2O3/c1-15(2,3)12-6-7-17(10-13(12)18)14(19)16-9-11-5-4-8-20-11/h4-5,8,12-13,18H,6-7,9-10H2,1-3H3,(H,16,19)/t12-,13+/m1/s1. The van der Waals surface area contributed by atoms with E-state index in [0.29, 0.717) is 19.6 Å². The van der Waals surface area contributed by atoms with Crippen LogP contribution in [-0.2, 0) is 6.54 Å². The molecule has 1 fully saturated rings. The van der Waals surface area contributed by atoms with E-state index in [1.807, 2.05) is 6.07 Å². The minimum Gasteiger partial charge on any atom is -0.467 e. The van der Waals surface area contributed by atoms with Gasteiger partial charge in [0.05, 0.1) is 18.9 Å². The van der Waals surface area contributed by atoms with Gasteiger partial charge in [-0.05, 0) is 29.9 Å². The van der Waals surface area contributed by atoms with E-state index in [0.717, 1.165) is 12.2 Å². The van der Waals surface area contributed by atoms with Gasteiger partial charge in [-0.25, -0.2) is 4.79 Å². The molecule has 2 amide bonds. The molecule has 5 nitrogen and oxygen atoms in total. The van der Waals surface area contributed by atoms with Gasteiger partial charge in [-0.15, -0.1) is 0 Å². The summed E-state index contributed by atoms with van der Waals surface area (Å²) in [4.78, 5) is 13.7. The number of carbonyl (C=O) groups excluding carboxylic acids is 1. The monoisotopic (exact) mass is 280 g/mol. The van der Waals surface area contributed by atoms with E-state index in [2.05, 4.69) is 26.1 Å². The van der Waals surface area contributed by atoms with E-state index in [1.54, 1.807) is 17.2 Å². The number of hydrogen-bond acceptors (Lipinski definition) is 3. The van der Waals surface area contributed by atoms with Crippen molar-refractivity contribution in [3.05, 3.63) is 24.2 Å². The lowest BCUT2D eigenvalue weighted by molar-refractivity contribution is -0.0124. The lowest BCUT2D eigenvalue weighted by Gasteiger charge is -2.42. The van der Waals surface area contributed by atoms with Gasteiger partial charge in [0.2, 0.25) is 0 Å². The maximum Gasteiger partial charge on any atom is 0.317 e. The minimum absolute atomic E-state index is 0.0656. The fraction of sp³-hybridized carbons (Fsp3) is 0.667. The van der Waals surface area contributed by atoms with E-state index < -0.39 is 6.10 Å². The van der Waals surface area contributed by atoms with E-state index >= 15 is 0 Å². The van der Waals surface area contributed by atoms with Gasteiger partial charge in [0.25, 0.3) is 0 Å². The van der Waals surface area contributed by atoms with Crippen molar-refractivity contribution in [3.63, 3.8) is 0 Å². The number of amides is 2. The van der Waals surface area contributed by atoms with Crippen molar-refractivity contribution in [2.45, 2.75) is 39.8 Å². The first-order valence-corrected chi connectivity index (χ1v) is 7.11. The van der Waals surface area contributed by atoms with Crippen LogP contribution in [0, 0.1) is 11.3 Å². The number of likely N-dealkylation sites (tertiary alicyclic amines) is 1. The summed E-state index contributed by atoms with van der Waals surface area (Å²) in [5.74, 6) is 0.958. The van der Waals surface area contributed by atoms with Gasteiger partial charge in [-0.2, -0.15) is 0 Å². The molecule has 0 saturated carbocycles. The number of carbonyl (C=O) groups is 1. The Hall–Kier alpha value is -1.49. The van der Waals surface area contributed by atoms with Crippen molar-refractivity contribution >= 4 is 6.03 Å². The average Bonchev–Trinajstić information content (AvgIpc) is 2.87. The highest BCUT2D eigenvalue weighted by Crippen LogP contribution is 2.34. The second-order valence-electron chi connectivity index (χ2n) is 6.51. The molecule has 2 heterocycles. The number of furan rings is 1. The first-order valence-electron chi connectivity index (χ1n) is 7.11. The summed E-state index contributed by atoms with van der Waals surface area (Å²) in [6.07, 6.45) is 1.96. The van der Waals surface area contributed by atoms with Crippen molar-refractivity contribution in [3.8, 4) is 0 Å². The largest absolute Gasteiger partial charge is 0.467 e. The van der Waals surface area contributed by atoms with Gasteiger partial charge in [0.15, 0.2) is 0 Å². The SMILES string of the molecule is CC(C)(C)[C@@H]1CCN(C(=O)NCc2ccco2)C[C@@H]1O. The van der Waals surface area contributed by atoms with Crippen LogP contribution in [0.3, 0.4) is 0 Å². The zero-order valence-corrected chi connectivity index (χ0v) is 12.4. The molecule has 2 rings (SSSR count). The summed E-state index contributed by atoms with van der Waals surface area (Å²) in [5.41, 5.74) is 0.0656. The number of nitrogens with one attached hydrogen (secondary N) is 1. The number of aliphatic hydroxyl groups is 1. The average molecular weight is 280 g/mol. The highest BCUT2D eigenvalue weighted by molar-refractivity contribution is 5.74. The molecule has 1 saturated heterocycles. The summed E-state index contributed by atoms with van der Waals surface area (Å²) in [6, 6.07) is 3.47. The molecule has 1 aromatic heterocycles. The molecule has 0 spiro atoms. The number of nitrogens with zero attached hydrogens (tertiary/aromatic N) is 1. The van der Waals surface area contributed by atoms with Crippen LogP contribution >= 0.6 is 0 Å². The Kier molecular flexibility index (Phi) is 4.38.